The van der Waals surface area contributed by atoms with Crippen LogP contribution in [0.2, 0.25) is 0 Å². The molecule has 3 N–H and O–H groups in total. The van der Waals surface area contributed by atoms with E-state index in [-0.39, 0.29) is 35.6 Å². The number of aliphatic hydroxyl groups is 2. The summed E-state index contributed by atoms with van der Waals surface area (Å²) in [6, 6.07) is 3.88. The summed E-state index contributed by atoms with van der Waals surface area (Å²) in [5.41, 5.74) is 3.36. The van der Waals surface area contributed by atoms with Crippen LogP contribution in [0.25, 0.3) is 0 Å². The summed E-state index contributed by atoms with van der Waals surface area (Å²) < 4.78 is 47.3. The van der Waals surface area contributed by atoms with Crippen molar-refractivity contribution in [1.82, 2.24) is 5.32 Å². The maximum absolute atomic E-state index is 13.8. The molecule has 6 nitrogen and oxygen atoms in total. The predicted molar refractivity (Wildman–Crippen MR) is 145 cm³/mol. The minimum atomic E-state index is -4.47. The Kier molecular flexibility index (Phi) is 10.2. The zero-order valence-electron chi connectivity index (χ0n) is 23.0. The van der Waals surface area contributed by atoms with Crippen LogP contribution in [0, 0.1) is 5.41 Å². The first-order valence-electron chi connectivity index (χ1n) is 13.4. The van der Waals surface area contributed by atoms with Gasteiger partial charge < -0.3 is 20.3 Å². The number of halogens is 3. The van der Waals surface area contributed by atoms with E-state index in [4.69, 9.17) is 9.84 Å². The van der Waals surface area contributed by atoms with Gasteiger partial charge in [-0.25, -0.2) is 0 Å². The summed E-state index contributed by atoms with van der Waals surface area (Å²) in [7, 11) is 0. The number of rotatable bonds is 12. The molecular weight excluding hydrogens is 531 g/mol. The van der Waals surface area contributed by atoms with Gasteiger partial charge in [0.05, 0.1) is 4.88 Å². The van der Waals surface area contributed by atoms with Crippen LogP contribution in [0.5, 0.6) is 5.75 Å². The Balaban J connectivity index is 1.75. The highest BCUT2D eigenvalue weighted by molar-refractivity contribution is 7.14. The van der Waals surface area contributed by atoms with Gasteiger partial charge in [0.2, 0.25) is 5.91 Å². The lowest BCUT2D eigenvalue weighted by molar-refractivity contribution is -0.135. The van der Waals surface area contributed by atoms with Crippen molar-refractivity contribution in [3.63, 3.8) is 0 Å². The number of benzene rings is 1. The fourth-order valence-electron chi connectivity index (χ4n) is 5.01. The van der Waals surface area contributed by atoms with Gasteiger partial charge in [-0.1, -0.05) is 39.8 Å². The Morgan fingerprint density at radius 1 is 1.15 bits per heavy atom. The number of aryl methyl sites for hydroxylation is 3. The van der Waals surface area contributed by atoms with Gasteiger partial charge in [0, 0.05) is 13.0 Å². The molecule has 0 radical (unpaired) electrons. The fraction of sp³-hybridized carbons (Fsp3) is 0.586. The minimum Gasteiger partial charge on any atom is -0.490 e. The van der Waals surface area contributed by atoms with E-state index in [9.17, 15) is 27.9 Å². The molecular formula is C29H38F3NO5S. The predicted octanol–water partition coefficient (Wildman–Crippen LogP) is 5.07. The first-order valence-corrected chi connectivity index (χ1v) is 14.2. The molecule has 0 bridgehead atoms. The van der Waals surface area contributed by atoms with Gasteiger partial charge in [0.25, 0.3) is 0 Å². The third-order valence-electron chi connectivity index (χ3n) is 7.14. The molecule has 1 aromatic heterocycles. The quantitative estimate of drug-likeness (QED) is 0.310. The van der Waals surface area contributed by atoms with E-state index < -0.39 is 29.7 Å². The Hall–Kier alpha value is -2.43. The standard InChI is InChI=1S/C29H38F3NO5S/c1-5-18-11-17(12-19(6-2)25(18)38-16-20(35)14-33-24(37)15-34)7-8-23(36)26-21-9-10-28(3,4)13-22(21)27(39-26)29(30,31)32/h11-12,20,34-35H,5-10,13-16H2,1-4H3,(H,33,37). The van der Waals surface area contributed by atoms with Gasteiger partial charge in [-0.2, -0.15) is 13.2 Å². The van der Waals surface area contributed by atoms with Gasteiger partial charge in [-0.15, -0.1) is 11.3 Å². The molecule has 0 saturated carbocycles. The summed E-state index contributed by atoms with van der Waals surface area (Å²) in [4.78, 5) is 24.0. The topological polar surface area (TPSA) is 95.9 Å². The van der Waals surface area contributed by atoms with Gasteiger partial charge in [0.15, 0.2) is 5.78 Å². The average Bonchev–Trinajstić information content (AvgIpc) is 3.26. The molecule has 1 aliphatic carbocycles. The lowest BCUT2D eigenvalue weighted by Crippen LogP contribution is -2.36. The zero-order chi connectivity index (χ0) is 29.0. The maximum Gasteiger partial charge on any atom is 0.425 e. The molecule has 0 saturated heterocycles. The van der Waals surface area contributed by atoms with E-state index in [0.29, 0.717) is 60.3 Å². The summed E-state index contributed by atoms with van der Waals surface area (Å²) in [6.07, 6.45) is -2.08. The monoisotopic (exact) mass is 569 g/mol. The molecule has 3 rings (SSSR count). The summed E-state index contributed by atoms with van der Waals surface area (Å²) in [6.45, 7) is 7.10. The minimum absolute atomic E-state index is 0.0502. The van der Waals surface area contributed by atoms with Crippen molar-refractivity contribution in [2.75, 3.05) is 19.8 Å². The highest BCUT2D eigenvalue weighted by Crippen LogP contribution is 2.47. The third kappa shape index (κ3) is 7.83. The number of ketones is 1. The van der Waals surface area contributed by atoms with E-state index >= 15 is 0 Å². The molecule has 1 atom stereocenters. The molecule has 1 amide bonds. The van der Waals surface area contributed by atoms with Crippen LogP contribution in [0.15, 0.2) is 12.1 Å². The molecule has 1 unspecified atom stereocenters. The van der Waals surface area contributed by atoms with Crippen molar-refractivity contribution < 1.29 is 37.7 Å². The molecule has 1 aromatic carbocycles. The van der Waals surface area contributed by atoms with Crippen LogP contribution in [0.4, 0.5) is 13.2 Å². The molecule has 10 heteroatoms. The van der Waals surface area contributed by atoms with Crippen molar-refractivity contribution in [3.05, 3.63) is 49.7 Å². The number of hydrogen-bond acceptors (Lipinski definition) is 6. The fourth-order valence-corrected chi connectivity index (χ4v) is 6.22. The van der Waals surface area contributed by atoms with Crippen LogP contribution in [0.3, 0.4) is 0 Å². The van der Waals surface area contributed by atoms with E-state index in [1.54, 1.807) is 0 Å². The summed E-state index contributed by atoms with van der Waals surface area (Å²) in [5.74, 6) is -0.193. The number of ether oxygens (including phenoxy) is 1. The van der Waals surface area contributed by atoms with Crippen molar-refractivity contribution in [2.24, 2.45) is 5.41 Å². The van der Waals surface area contributed by atoms with Crippen LogP contribution in [-0.2, 0) is 43.1 Å². The lowest BCUT2D eigenvalue weighted by atomic mass is 9.74. The first kappa shape index (κ1) is 31.1. The molecule has 0 fully saturated rings. The summed E-state index contributed by atoms with van der Waals surface area (Å²) >= 11 is 0.602. The summed E-state index contributed by atoms with van der Waals surface area (Å²) in [5, 5.41) is 21.3. The molecule has 216 valence electrons. The second kappa shape index (κ2) is 12.8. The van der Waals surface area contributed by atoms with E-state index in [2.05, 4.69) is 5.32 Å². The number of amides is 1. The van der Waals surface area contributed by atoms with Crippen molar-refractivity contribution in [1.29, 1.82) is 0 Å². The third-order valence-corrected chi connectivity index (χ3v) is 8.50. The van der Waals surface area contributed by atoms with Crippen molar-refractivity contribution in [3.8, 4) is 5.75 Å². The van der Waals surface area contributed by atoms with Gasteiger partial charge in [-0.3, -0.25) is 9.59 Å². The number of carbonyl (C=O) groups is 2. The van der Waals surface area contributed by atoms with E-state index in [0.717, 1.165) is 23.1 Å². The number of nitrogens with one attached hydrogen (secondary N) is 1. The van der Waals surface area contributed by atoms with E-state index in [1.807, 2.05) is 39.8 Å². The number of thiophene rings is 1. The normalized spacial score (nSPS) is 15.5. The van der Waals surface area contributed by atoms with Crippen molar-refractivity contribution in [2.45, 2.75) is 84.9 Å². The van der Waals surface area contributed by atoms with Crippen LogP contribution in [-0.4, -0.2) is 47.8 Å². The zero-order valence-corrected chi connectivity index (χ0v) is 23.8. The maximum atomic E-state index is 13.8. The highest BCUT2D eigenvalue weighted by Gasteiger charge is 2.42. The lowest BCUT2D eigenvalue weighted by Gasteiger charge is -2.30. The Bertz CT molecular complexity index is 1160. The smallest absolute Gasteiger partial charge is 0.425 e. The van der Waals surface area contributed by atoms with Crippen LogP contribution in [0.1, 0.15) is 82.9 Å². The molecule has 1 heterocycles. The number of fused-ring (bicyclic) bond motifs is 1. The molecule has 0 spiro atoms. The van der Waals surface area contributed by atoms with Crippen LogP contribution < -0.4 is 10.1 Å². The largest absolute Gasteiger partial charge is 0.490 e. The number of alkyl halides is 3. The van der Waals surface area contributed by atoms with E-state index in [1.165, 1.54) is 0 Å². The Morgan fingerprint density at radius 2 is 1.79 bits per heavy atom. The highest BCUT2D eigenvalue weighted by atomic mass is 32.1. The number of hydrogen-bond donors (Lipinski definition) is 3. The van der Waals surface area contributed by atoms with Gasteiger partial charge in [0.1, 0.15) is 29.9 Å². The molecule has 2 aromatic rings. The van der Waals surface area contributed by atoms with Gasteiger partial charge >= 0.3 is 6.18 Å². The van der Waals surface area contributed by atoms with Crippen molar-refractivity contribution >= 4 is 23.0 Å². The number of Topliss-reactive ketones (excluding diaryl/α,β-unsaturated/α-hetero) is 1. The SMILES string of the molecule is CCc1cc(CCC(=O)c2sc(C(F)(F)F)c3c2CCC(C)(C)C3)cc(CC)c1OCC(O)CNC(=O)CO. The van der Waals surface area contributed by atoms with Gasteiger partial charge in [-0.05, 0) is 71.8 Å². The number of carbonyl (C=O) groups excluding carboxylic acids is 2. The number of aliphatic hydroxyl groups excluding tert-OH is 2. The molecule has 1 aliphatic rings. The average molecular weight is 570 g/mol. The second-order valence-corrected chi connectivity index (χ2v) is 11.9. The molecule has 0 aliphatic heterocycles. The second-order valence-electron chi connectivity index (χ2n) is 10.9. The van der Waals surface area contributed by atoms with Crippen LogP contribution >= 0.6 is 11.3 Å². The Labute approximate surface area is 231 Å². The molecule has 39 heavy (non-hydrogen) atoms. The first-order chi connectivity index (χ1) is 18.3. The Morgan fingerprint density at radius 3 is 2.36 bits per heavy atom.